The van der Waals surface area contributed by atoms with Gasteiger partial charge < -0.3 is 4.74 Å². The summed E-state index contributed by atoms with van der Waals surface area (Å²) in [5, 5.41) is 3.90. The minimum Gasteiger partial charge on any atom is -0.483 e. The highest BCUT2D eigenvalue weighted by Crippen LogP contribution is 2.20. The molecule has 1 aromatic heterocycles. The molecule has 2 rings (SSSR count). The van der Waals surface area contributed by atoms with E-state index in [-0.39, 0.29) is 18.2 Å². The molecule has 0 fully saturated rings. The van der Waals surface area contributed by atoms with Gasteiger partial charge in [-0.1, -0.05) is 12.1 Å². The van der Waals surface area contributed by atoms with E-state index in [9.17, 15) is 4.39 Å². The molecule has 0 N–H and O–H groups in total. The van der Waals surface area contributed by atoms with Crippen molar-refractivity contribution in [2.24, 2.45) is 7.05 Å². The third-order valence-electron chi connectivity index (χ3n) is 2.32. The molecule has 1 heterocycles. The van der Waals surface area contributed by atoms with E-state index in [2.05, 4.69) is 10.1 Å². The van der Waals surface area contributed by atoms with Gasteiger partial charge in [0.1, 0.15) is 12.9 Å². The van der Waals surface area contributed by atoms with Crippen LogP contribution in [-0.2, 0) is 13.7 Å². The number of aromatic nitrogens is 3. The Kier molecular flexibility index (Phi) is 2.85. The zero-order valence-electron chi connectivity index (χ0n) is 9.14. The molecule has 0 saturated heterocycles. The van der Waals surface area contributed by atoms with Gasteiger partial charge in [0.05, 0.1) is 0 Å². The van der Waals surface area contributed by atoms with Crippen LogP contribution in [0.15, 0.2) is 24.5 Å². The van der Waals surface area contributed by atoms with Gasteiger partial charge in [0.15, 0.2) is 17.4 Å². The van der Waals surface area contributed by atoms with Gasteiger partial charge in [-0.25, -0.2) is 9.37 Å². The normalized spacial score (nSPS) is 10.4. The van der Waals surface area contributed by atoms with E-state index in [4.69, 9.17) is 4.74 Å². The third kappa shape index (κ3) is 2.03. The van der Waals surface area contributed by atoms with E-state index >= 15 is 0 Å². The Bertz CT molecular complexity index is 496. The predicted octanol–water partition coefficient (Wildman–Crippen LogP) is 1.84. The summed E-state index contributed by atoms with van der Waals surface area (Å²) in [5.41, 5.74) is 0.565. The molecule has 5 heteroatoms. The van der Waals surface area contributed by atoms with Crippen molar-refractivity contribution in [3.8, 4) is 5.75 Å². The lowest BCUT2D eigenvalue weighted by Crippen LogP contribution is -2.05. The first-order valence-electron chi connectivity index (χ1n) is 4.89. The molecule has 0 aliphatic heterocycles. The zero-order chi connectivity index (χ0) is 11.5. The molecule has 16 heavy (non-hydrogen) atoms. The highest BCUT2D eigenvalue weighted by molar-refractivity contribution is 5.30. The molecule has 0 bridgehead atoms. The number of halogens is 1. The molecule has 0 atom stereocenters. The molecule has 0 aliphatic carbocycles. The van der Waals surface area contributed by atoms with Crippen molar-refractivity contribution in [1.82, 2.24) is 14.8 Å². The quantitative estimate of drug-likeness (QED) is 0.794. The van der Waals surface area contributed by atoms with Crippen molar-refractivity contribution < 1.29 is 9.13 Å². The summed E-state index contributed by atoms with van der Waals surface area (Å²) in [4.78, 5) is 3.99. The Morgan fingerprint density at radius 3 is 2.94 bits per heavy atom. The maximum absolute atomic E-state index is 13.6. The second-order valence-electron chi connectivity index (χ2n) is 3.48. The van der Waals surface area contributed by atoms with E-state index in [1.54, 1.807) is 36.9 Å². The van der Waals surface area contributed by atoms with E-state index in [1.165, 1.54) is 6.33 Å². The lowest BCUT2D eigenvalue weighted by molar-refractivity contribution is 0.275. The van der Waals surface area contributed by atoms with Crippen LogP contribution in [0.2, 0.25) is 0 Å². The van der Waals surface area contributed by atoms with Crippen molar-refractivity contribution in [3.05, 3.63) is 41.7 Å². The second kappa shape index (κ2) is 4.30. The van der Waals surface area contributed by atoms with Crippen molar-refractivity contribution in [2.45, 2.75) is 13.5 Å². The number of hydrogen-bond donors (Lipinski definition) is 0. The van der Waals surface area contributed by atoms with Crippen LogP contribution in [0.1, 0.15) is 11.4 Å². The number of benzene rings is 1. The summed E-state index contributed by atoms with van der Waals surface area (Å²) in [6, 6.07) is 5.05. The van der Waals surface area contributed by atoms with Gasteiger partial charge in [0.2, 0.25) is 0 Å². The van der Waals surface area contributed by atoms with Crippen LogP contribution >= 0.6 is 0 Å². The fraction of sp³-hybridized carbons (Fsp3) is 0.273. The SMILES string of the molecule is Cc1cccc(OCc2ncnn2C)c1F. The topological polar surface area (TPSA) is 39.9 Å². The van der Waals surface area contributed by atoms with Gasteiger partial charge in [-0.2, -0.15) is 5.10 Å². The monoisotopic (exact) mass is 221 g/mol. The molecular formula is C11H12FN3O. The molecule has 0 aliphatic rings. The predicted molar refractivity (Wildman–Crippen MR) is 56.5 cm³/mol. The number of aryl methyl sites for hydroxylation is 2. The van der Waals surface area contributed by atoms with E-state index in [1.807, 2.05) is 0 Å². The minimum absolute atomic E-state index is 0.205. The molecule has 0 amide bonds. The van der Waals surface area contributed by atoms with E-state index < -0.39 is 0 Å². The highest BCUT2D eigenvalue weighted by Gasteiger charge is 2.07. The molecule has 84 valence electrons. The van der Waals surface area contributed by atoms with Crippen molar-refractivity contribution >= 4 is 0 Å². The summed E-state index contributed by atoms with van der Waals surface area (Å²) in [6.45, 7) is 1.90. The Balaban J connectivity index is 2.11. The fourth-order valence-corrected chi connectivity index (χ4v) is 1.33. The maximum atomic E-state index is 13.6. The van der Waals surface area contributed by atoms with E-state index in [0.29, 0.717) is 11.4 Å². The third-order valence-corrected chi connectivity index (χ3v) is 2.32. The van der Waals surface area contributed by atoms with Crippen molar-refractivity contribution in [1.29, 1.82) is 0 Å². The molecule has 1 aromatic carbocycles. The van der Waals surface area contributed by atoms with Crippen LogP contribution in [0, 0.1) is 12.7 Å². The van der Waals surface area contributed by atoms with Gasteiger partial charge in [0.25, 0.3) is 0 Å². The number of rotatable bonds is 3. The van der Waals surface area contributed by atoms with Crippen LogP contribution < -0.4 is 4.74 Å². The van der Waals surface area contributed by atoms with Crippen LogP contribution in [-0.4, -0.2) is 14.8 Å². The van der Waals surface area contributed by atoms with Crippen LogP contribution in [0.3, 0.4) is 0 Å². The maximum Gasteiger partial charge on any atom is 0.167 e. The second-order valence-corrected chi connectivity index (χ2v) is 3.48. The first kappa shape index (κ1) is 10.6. The Hall–Kier alpha value is -1.91. The lowest BCUT2D eigenvalue weighted by Gasteiger charge is -2.07. The Labute approximate surface area is 92.7 Å². The summed E-state index contributed by atoms with van der Waals surface area (Å²) < 4.78 is 20.5. The Morgan fingerprint density at radius 1 is 1.44 bits per heavy atom. The largest absolute Gasteiger partial charge is 0.483 e. The number of nitrogens with zero attached hydrogens (tertiary/aromatic N) is 3. The summed E-state index contributed by atoms with van der Waals surface area (Å²) >= 11 is 0. The summed E-state index contributed by atoms with van der Waals surface area (Å²) in [5.74, 6) is 0.563. The molecule has 0 spiro atoms. The molecule has 0 radical (unpaired) electrons. The minimum atomic E-state index is -0.329. The van der Waals surface area contributed by atoms with E-state index in [0.717, 1.165) is 0 Å². The number of hydrogen-bond acceptors (Lipinski definition) is 3. The average Bonchev–Trinajstić information content (AvgIpc) is 2.67. The summed E-state index contributed by atoms with van der Waals surface area (Å²) in [6.07, 6.45) is 1.44. The first-order valence-corrected chi connectivity index (χ1v) is 4.89. The van der Waals surface area contributed by atoms with Gasteiger partial charge in [-0.3, -0.25) is 4.68 Å². The standard InChI is InChI=1S/C11H12FN3O/c1-8-4-3-5-9(11(8)12)16-6-10-13-7-14-15(10)2/h3-5,7H,6H2,1-2H3. The zero-order valence-corrected chi connectivity index (χ0v) is 9.14. The smallest absolute Gasteiger partial charge is 0.167 e. The molecule has 2 aromatic rings. The summed E-state index contributed by atoms with van der Waals surface area (Å²) in [7, 11) is 1.76. The molecule has 0 saturated carbocycles. The van der Waals surface area contributed by atoms with Crippen molar-refractivity contribution in [3.63, 3.8) is 0 Å². The van der Waals surface area contributed by atoms with Crippen molar-refractivity contribution in [2.75, 3.05) is 0 Å². The van der Waals surface area contributed by atoms with Gasteiger partial charge in [-0.15, -0.1) is 0 Å². The number of ether oxygens (including phenoxy) is 1. The average molecular weight is 221 g/mol. The van der Waals surface area contributed by atoms with Gasteiger partial charge in [-0.05, 0) is 18.6 Å². The molecule has 4 nitrogen and oxygen atoms in total. The van der Waals surface area contributed by atoms with Crippen LogP contribution in [0.5, 0.6) is 5.75 Å². The van der Waals surface area contributed by atoms with Gasteiger partial charge >= 0.3 is 0 Å². The first-order chi connectivity index (χ1) is 7.68. The highest BCUT2D eigenvalue weighted by atomic mass is 19.1. The van der Waals surface area contributed by atoms with Crippen LogP contribution in [0.4, 0.5) is 4.39 Å². The molecular weight excluding hydrogens is 209 g/mol. The Morgan fingerprint density at radius 2 is 2.25 bits per heavy atom. The molecule has 0 unspecified atom stereocenters. The van der Waals surface area contributed by atoms with Crippen LogP contribution in [0.25, 0.3) is 0 Å². The van der Waals surface area contributed by atoms with Gasteiger partial charge in [0, 0.05) is 7.05 Å². The fourth-order valence-electron chi connectivity index (χ4n) is 1.33. The lowest BCUT2D eigenvalue weighted by atomic mass is 10.2.